The Hall–Kier alpha value is 0.990. The summed E-state index contributed by atoms with van der Waals surface area (Å²) in [7, 11) is -1.19. The van der Waals surface area contributed by atoms with Crippen molar-refractivity contribution in [2.75, 3.05) is 12.4 Å². The van der Waals surface area contributed by atoms with E-state index in [1.54, 1.807) is 11.4 Å². The monoisotopic (exact) mass is 246 g/mol. The van der Waals surface area contributed by atoms with E-state index in [9.17, 15) is 4.89 Å². The summed E-state index contributed by atoms with van der Waals surface area (Å²) in [4.78, 5) is 9.31. The van der Waals surface area contributed by atoms with Gasteiger partial charge in [-0.05, 0) is 12.8 Å². The van der Waals surface area contributed by atoms with Crippen LogP contribution in [0.5, 0.6) is 0 Å². The molecule has 0 fully saturated rings. The van der Waals surface area contributed by atoms with Crippen molar-refractivity contribution in [2.24, 2.45) is 0 Å². The molecule has 0 aromatic carbocycles. The summed E-state index contributed by atoms with van der Waals surface area (Å²) in [6.07, 6.45) is 4.53. The highest BCUT2D eigenvalue weighted by molar-refractivity contribution is 8.52. The van der Waals surface area contributed by atoms with Crippen LogP contribution in [0.25, 0.3) is 0 Å². The minimum Gasteiger partial charge on any atom is -0.342 e. The summed E-state index contributed by atoms with van der Waals surface area (Å²) >= 11 is 1.55. The molecule has 0 amide bonds. The van der Waals surface area contributed by atoms with Gasteiger partial charge in [0.1, 0.15) is 0 Å². The SMILES string of the molecule is CCCCOP(O)SCCCC.Cl. The molecule has 2 nitrogen and oxygen atoms in total. The Labute approximate surface area is 92.9 Å². The van der Waals surface area contributed by atoms with E-state index in [0.29, 0.717) is 6.61 Å². The molecular weight excluding hydrogens is 227 g/mol. The van der Waals surface area contributed by atoms with Crippen LogP contribution < -0.4 is 0 Å². The first-order valence-corrected chi connectivity index (χ1v) is 7.36. The largest absolute Gasteiger partial charge is 0.342 e. The van der Waals surface area contributed by atoms with E-state index in [4.69, 9.17) is 4.52 Å². The Morgan fingerprint density at radius 2 is 1.85 bits per heavy atom. The second-order valence-electron chi connectivity index (χ2n) is 2.61. The highest BCUT2D eigenvalue weighted by Crippen LogP contribution is 2.46. The Kier molecular flexibility index (Phi) is 16.4. The smallest absolute Gasteiger partial charge is 0.235 e. The van der Waals surface area contributed by atoms with E-state index in [-0.39, 0.29) is 12.4 Å². The molecule has 0 bridgehead atoms. The minimum absolute atomic E-state index is 0. The molecule has 1 unspecified atom stereocenters. The molecule has 0 radical (unpaired) electrons. The molecule has 0 aliphatic carbocycles. The summed E-state index contributed by atoms with van der Waals surface area (Å²) < 4.78 is 5.21. The van der Waals surface area contributed by atoms with Crippen LogP contribution in [0.3, 0.4) is 0 Å². The van der Waals surface area contributed by atoms with Gasteiger partial charge in [0.05, 0.1) is 6.61 Å². The zero-order valence-electron chi connectivity index (χ0n) is 8.36. The van der Waals surface area contributed by atoms with E-state index in [1.165, 1.54) is 12.8 Å². The first-order chi connectivity index (χ1) is 5.81. The van der Waals surface area contributed by atoms with E-state index in [1.807, 2.05) is 0 Å². The summed E-state index contributed by atoms with van der Waals surface area (Å²) in [6.45, 7) is 4.98. The molecule has 0 saturated carbocycles. The van der Waals surface area contributed by atoms with Gasteiger partial charge in [-0.3, -0.25) is 0 Å². The normalized spacial score (nSPS) is 12.2. The van der Waals surface area contributed by atoms with Crippen molar-refractivity contribution >= 4 is 31.4 Å². The fourth-order valence-corrected chi connectivity index (χ4v) is 2.85. The Morgan fingerprint density at radius 3 is 2.38 bits per heavy atom. The predicted octanol–water partition coefficient (Wildman–Crippen LogP) is 3.98. The minimum atomic E-state index is -1.19. The zero-order valence-corrected chi connectivity index (χ0v) is 10.9. The van der Waals surface area contributed by atoms with Crippen LogP contribution in [-0.2, 0) is 4.52 Å². The van der Waals surface area contributed by atoms with Crippen molar-refractivity contribution in [3.05, 3.63) is 0 Å². The molecule has 13 heavy (non-hydrogen) atoms. The summed E-state index contributed by atoms with van der Waals surface area (Å²) in [6, 6.07) is 0. The Morgan fingerprint density at radius 1 is 1.23 bits per heavy atom. The lowest BCUT2D eigenvalue weighted by Crippen LogP contribution is -1.87. The van der Waals surface area contributed by atoms with Crippen LogP contribution in [0.15, 0.2) is 0 Å². The number of hydrogen-bond donors (Lipinski definition) is 1. The van der Waals surface area contributed by atoms with E-state index >= 15 is 0 Å². The number of hydrogen-bond acceptors (Lipinski definition) is 3. The van der Waals surface area contributed by atoms with Crippen LogP contribution in [0, 0.1) is 0 Å². The quantitative estimate of drug-likeness (QED) is 0.519. The van der Waals surface area contributed by atoms with Crippen molar-refractivity contribution < 1.29 is 9.42 Å². The third-order valence-electron chi connectivity index (χ3n) is 1.40. The molecule has 0 aromatic heterocycles. The second-order valence-corrected chi connectivity index (χ2v) is 5.72. The van der Waals surface area contributed by atoms with Gasteiger partial charge in [-0.15, -0.1) is 12.4 Å². The van der Waals surface area contributed by atoms with Crippen molar-refractivity contribution in [3.63, 3.8) is 0 Å². The predicted molar refractivity (Wildman–Crippen MR) is 64.6 cm³/mol. The molecule has 5 heteroatoms. The zero-order chi connectivity index (χ0) is 9.23. The molecular formula is C8H20ClO2PS. The topological polar surface area (TPSA) is 29.5 Å². The van der Waals surface area contributed by atoms with Gasteiger partial charge in [0.2, 0.25) is 7.58 Å². The fraction of sp³-hybridized carbons (Fsp3) is 1.00. The van der Waals surface area contributed by atoms with Gasteiger partial charge in [-0.1, -0.05) is 38.1 Å². The Bertz CT molecular complexity index is 88.2. The van der Waals surface area contributed by atoms with Gasteiger partial charge in [-0.25, -0.2) is 0 Å². The molecule has 1 atom stereocenters. The molecule has 82 valence electrons. The number of halogens is 1. The van der Waals surface area contributed by atoms with Crippen LogP contribution in [0.2, 0.25) is 0 Å². The van der Waals surface area contributed by atoms with E-state index < -0.39 is 7.58 Å². The molecule has 0 spiro atoms. The maximum absolute atomic E-state index is 9.31. The van der Waals surface area contributed by atoms with Crippen molar-refractivity contribution in [1.82, 2.24) is 0 Å². The van der Waals surface area contributed by atoms with E-state index in [2.05, 4.69) is 13.8 Å². The molecule has 0 saturated heterocycles. The number of unbranched alkanes of at least 4 members (excludes halogenated alkanes) is 2. The summed E-state index contributed by atoms with van der Waals surface area (Å²) in [5.41, 5.74) is 0. The van der Waals surface area contributed by atoms with Gasteiger partial charge in [-0.2, -0.15) is 0 Å². The highest BCUT2D eigenvalue weighted by atomic mass is 35.5. The van der Waals surface area contributed by atoms with Gasteiger partial charge < -0.3 is 9.42 Å². The molecule has 0 heterocycles. The van der Waals surface area contributed by atoms with Gasteiger partial charge >= 0.3 is 0 Å². The first-order valence-electron chi connectivity index (χ1n) is 4.56. The van der Waals surface area contributed by atoms with Crippen LogP contribution in [-0.4, -0.2) is 17.3 Å². The third-order valence-corrected chi connectivity index (χ3v) is 4.02. The summed E-state index contributed by atoms with van der Waals surface area (Å²) in [5.74, 6) is 1.02. The summed E-state index contributed by atoms with van der Waals surface area (Å²) in [5, 5.41) is 0. The molecule has 0 aliphatic heterocycles. The van der Waals surface area contributed by atoms with Crippen molar-refractivity contribution in [3.8, 4) is 0 Å². The average molecular weight is 247 g/mol. The van der Waals surface area contributed by atoms with Gasteiger partial charge in [0, 0.05) is 5.75 Å². The third kappa shape index (κ3) is 13.0. The lowest BCUT2D eigenvalue weighted by Gasteiger charge is -2.08. The first kappa shape index (κ1) is 16.4. The van der Waals surface area contributed by atoms with Crippen molar-refractivity contribution in [1.29, 1.82) is 0 Å². The van der Waals surface area contributed by atoms with Gasteiger partial charge in [0.25, 0.3) is 0 Å². The Balaban J connectivity index is 0. The lowest BCUT2D eigenvalue weighted by atomic mass is 10.4. The maximum atomic E-state index is 9.31. The molecule has 1 N–H and O–H groups in total. The van der Waals surface area contributed by atoms with Crippen LogP contribution >= 0.6 is 31.4 Å². The lowest BCUT2D eigenvalue weighted by molar-refractivity contribution is 0.314. The fourth-order valence-electron chi connectivity index (χ4n) is 0.611. The van der Waals surface area contributed by atoms with E-state index in [0.717, 1.165) is 18.6 Å². The highest BCUT2D eigenvalue weighted by Gasteiger charge is 2.03. The standard InChI is InChI=1S/C8H19O2PS.ClH/c1-3-5-7-10-11(9)12-8-6-4-2;/h9H,3-8H2,1-2H3;1H. The van der Waals surface area contributed by atoms with Crippen molar-refractivity contribution in [2.45, 2.75) is 39.5 Å². The second kappa shape index (κ2) is 13.0. The van der Waals surface area contributed by atoms with Crippen LogP contribution in [0.1, 0.15) is 39.5 Å². The van der Waals surface area contributed by atoms with Crippen LogP contribution in [0.4, 0.5) is 0 Å². The number of rotatable bonds is 8. The average Bonchev–Trinajstić information content (AvgIpc) is 2.06. The molecule has 0 aromatic rings. The van der Waals surface area contributed by atoms with Gasteiger partial charge in [0.15, 0.2) is 0 Å². The molecule has 0 aliphatic rings. The maximum Gasteiger partial charge on any atom is 0.235 e. The molecule has 0 rings (SSSR count).